The number of rotatable bonds is 7. The number of carbonyl (C=O) groups is 2. The van der Waals surface area contributed by atoms with Crippen LogP contribution >= 0.6 is 0 Å². The fourth-order valence-electron chi connectivity index (χ4n) is 3.55. The van der Waals surface area contributed by atoms with Crippen molar-refractivity contribution in [1.29, 1.82) is 0 Å². The molecule has 3 aromatic rings. The molecule has 0 spiro atoms. The van der Waals surface area contributed by atoms with E-state index in [-0.39, 0.29) is 46.7 Å². The van der Waals surface area contributed by atoms with E-state index in [0.717, 1.165) is 18.2 Å². The Balaban J connectivity index is 1.77. The molecule has 1 aromatic heterocycles. The molecular formula is C25H21F4N3O7. The van der Waals surface area contributed by atoms with Gasteiger partial charge in [-0.25, -0.2) is 4.39 Å². The zero-order valence-corrected chi connectivity index (χ0v) is 20.6. The number of alkyl halides is 3. The normalized spacial score (nSPS) is 13.8. The molecule has 0 fully saturated rings. The van der Waals surface area contributed by atoms with Crippen molar-refractivity contribution in [2.75, 3.05) is 19.0 Å². The molecule has 0 radical (unpaired) electrons. The molecule has 2 aromatic carbocycles. The van der Waals surface area contributed by atoms with Gasteiger partial charge in [-0.1, -0.05) is 0 Å². The number of aromatic nitrogens is 1. The molecule has 1 aliphatic rings. The molecule has 1 aliphatic heterocycles. The average Bonchev–Trinajstić information content (AvgIpc) is 2.83. The molecule has 39 heavy (non-hydrogen) atoms. The summed E-state index contributed by atoms with van der Waals surface area (Å²) in [5.74, 6) is -4.78. The predicted molar refractivity (Wildman–Crippen MR) is 127 cm³/mol. The number of benzene rings is 2. The van der Waals surface area contributed by atoms with Crippen molar-refractivity contribution in [2.45, 2.75) is 25.8 Å². The van der Waals surface area contributed by atoms with E-state index in [1.807, 2.05) is 0 Å². The highest BCUT2D eigenvalue weighted by molar-refractivity contribution is 6.07. The molecule has 10 nitrogen and oxygen atoms in total. The minimum absolute atomic E-state index is 0.0288. The largest absolute Gasteiger partial charge is 0.573 e. The molecular weight excluding hydrogens is 530 g/mol. The number of halogens is 4. The van der Waals surface area contributed by atoms with Crippen molar-refractivity contribution in [2.24, 2.45) is 5.73 Å². The van der Waals surface area contributed by atoms with E-state index in [9.17, 15) is 22.8 Å². The van der Waals surface area contributed by atoms with Crippen LogP contribution in [0, 0.1) is 5.82 Å². The van der Waals surface area contributed by atoms with Crippen molar-refractivity contribution in [3.8, 4) is 34.5 Å². The average molecular weight is 551 g/mol. The van der Waals surface area contributed by atoms with Gasteiger partial charge in [0.15, 0.2) is 28.8 Å². The topological polar surface area (TPSA) is 131 Å². The summed E-state index contributed by atoms with van der Waals surface area (Å²) in [4.78, 5) is 28.5. The smallest absolute Gasteiger partial charge is 0.493 e. The van der Waals surface area contributed by atoms with E-state index in [2.05, 4.69) is 15.0 Å². The van der Waals surface area contributed by atoms with Crippen LogP contribution in [-0.4, -0.2) is 42.5 Å². The van der Waals surface area contributed by atoms with Gasteiger partial charge in [-0.05, 0) is 38.1 Å². The molecule has 0 bridgehead atoms. The second-order valence-corrected chi connectivity index (χ2v) is 8.75. The Morgan fingerprint density at radius 2 is 1.85 bits per heavy atom. The standard InChI is InChI=1S/C25H21F4N3O7/c1-24(2)11-36-21-18(39-24)10-17(37-15-5-4-13(9-16(15)35-3)38-25(27,28)29)19(20(21)26)23(34)32-12-6-7-31-14(8-12)22(30)33/h4-10H,11H2,1-3H3,(H2,30,33)(H,31,32,34). The van der Waals surface area contributed by atoms with E-state index in [4.69, 9.17) is 24.7 Å². The summed E-state index contributed by atoms with van der Waals surface area (Å²) in [5.41, 5.74) is 3.65. The maximum Gasteiger partial charge on any atom is 0.573 e. The van der Waals surface area contributed by atoms with Crippen LogP contribution in [0.2, 0.25) is 0 Å². The maximum absolute atomic E-state index is 15.8. The Labute approximate surface area is 218 Å². The first-order chi connectivity index (χ1) is 18.3. The molecule has 2 heterocycles. The number of fused-ring (bicyclic) bond motifs is 1. The SMILES string of the molecule is COc1cc(OC(F)(F)F)ccc1Oc1cc2c(c(F)c1C(=O)Nc1ccnc(C(N)=O)c1)OCC(C)(C)O2. The highest BCUT2D eigenvalue weighted by Gasteiger charge is 2.35. The minimum Gasteiger partial charge on any atom is -0.493 e. The van der Waals surface area contributed by atoms with Gasteiger partial charge in [0, 0.05) is 24.0 Å². The highest BCUT2D eigenvalue weighted by Crippen LogP contribution is 2.46. The maximum atomic E-state index is 15.8. The Bertz CT molecular complexity index is 1440. The molecule has 14 heteroatoms. The van der Waals surface area contributed by atoms with E-state index in [0.29, 0.717) is 0 Å². The van der Waals surface area contributed by atoms with Gasteiger partial charge in [0.2, 0.25) is 0 Å². The van der Waals surface area contributed by atoms with Gasteiger partial charge in [0.1, 0.15) is 35.0 Å². The first-order valence-corrected chi connectivity index (χ1v) is 11.1. The Morgan fingerprint density at radius 3 is 2.51 bits per heavy atom. The molecule has 3 N–H and O–H groups in total. The molecule has 0 atom stereocenters. The predicted octanol–water partition coefficient (Wildman–Crippen LogP) is 4.82. The van der Waals surface area contributed by atoms with E-state index < -0.39 is 40.9 Å². The number of methoxy groups -OCH3 is 1. The van der Waals surface area contributed by atoms with E-state index in [1.54, 1.807) is 13.8 Å². The molecule has 4 rings (SSSR count). The molecule has 0 aliphatic carbocycles. The number of hydrogen-bond donors (Lipinski definition) is 2. The number of hydrogen-bond acceptors (Lipinski definition) is 8. The van der Waals surface area contributed by atoms with E-state index >= 15 is 4.39 Å². The number of carbonyl (C=O) groups excluding carboxylic acids is 2. The van der Waals surface area contributed by atoms with Crippen LogP contribution in [0.3, 0.4) is 0 Å². The van der Waals surface area contributed by atoms with Crippen molar-refractivity contribution >= 4 is 17.5 Å². The summed E-state index contributed by atoms with van der Waals surface area (Å²) in [5, 5.41) is 2.43. The lowest BCUT2D eigenvalue weighted by atomic mass is 10.1. The van der Waals surface area contributed by atoms with Crippen LogP contribution in [0.25, 0.3) is 0 Å². The quantitative estimate of drug-likeness (QED) is 0.400. The number of amides is 2. The molecule has 206 valence electrons. The van der Waals surface area contributed by atoms with Crippen molar-refractivity contribution in [3.63, 3.8) is 0 Å². The summed E-state index contributed by atoms with van der Waals surface area (Å²) in [6, 6.07) is 6.66. The Hall–Kier alpha value is -4.75. The fourth-order valence-corrected chi connectivity index (χ4v) is 3.55. The van der Waals surface area contributed by atoms with E-state index in [1.165, 1.54) is 31.5 Å². The van der Waals surface area contributed by atoms with Crippen molar-refractivity contribution in [1.82, 2.24) is 4.98 Å². The number of nitrogens with one attached hydrogen (secondary N) is 1. The zero-order chi connectivity index (χ0) is 28.5. The summed E-state index contributed by atoms with van der Waals surface area (Å²) in [6.07, 6.45) is -3.74. The number of anilines is 1. The number of pyridine rings is 1. The Morgan fingerprint density at radius 1 is 1.10 bits per heavy atom. The first-order valence-electron chi connectivity index (χ1n) is 11.1. The van der Waals surface area contributed by atoms with Gasteiger partial charge in [-0.3, -0.25) is 14.6 Å². The number of primary amides is 1. The van der Waals surface area contributed by atoms with Gasteiger partial charge in [0.25, 0.3) is 11.8 Å². The third-order valence-corrected chi connectivity index (χ3v) is 5.19. The lowest BCUT2D eigenvalue weighted by Crippen LogP contribution is -2.39. The second kappa shape index (κ2) is 10.2. The summed E-state index contributed by atoms with van der Waals surface area (Å²) >= 11 is 0. The monoisotopic (exact) mass is 551 g/mol. The molecule has 0 saturated heterocycles. The molecule has 0 unspecified atom stereocenters. The highest BCUT2D eigenvalue weighted by atomic mass is 19.4. The lowest BCUT2D eigenvalue weighted by Gasteiger charge is -2.33. The van der Waals surface area contributed by atoms with Crippen LogP contribution in [0.5, 0.6) is 34.5 Å². The van der Waals surface area contributed by atoms with Gasteiger partial charge >= 0.3 is 6.36 Å². The molecule has 0 saturated carbocycles. The van der Waals surface area contributed by atoms with Gasteiger partial charge in [0.05, 0.1) is 7.11 Å². The van der Waals surface area contributed by atoms with Gasteiger partial charge < -0.3 is 34.7 Å². The summed E-state index contributed by atoms with van der Waals surface area (Å²) < 4.78 is 79.8. The van der Waals surface area contributed by atoms with Crippen LogP contribution in [0.4, 0.5) is 23.2 Å². The summed E-state index contributed by atoms with van der Waals surface area (Å²) in [7, 11) is 1.17. The number of ether oxygens (including phenoxy) is 5. The van der Waals surface area contributed by atoms with Gasteiger partial charge in [-0.2, -0.15) is 0 Å². The lowest BCUT2D eigenvalue weighted by molar-refractivity contribution is -0.274. The second-order valence-electron chi connectivity index (χ2n) is 8.75. The minimum atomic E-state index is -4.95. The van der Waals surface area contributed by atoms with Gasteiger partial charge in [-0.15, -0.1) is 13.2 Å². The molecule has 2 amide bonds. The van der Waals surface area contributed by atoms with Crippen LogP contribution in [-0.2, 0) is 0 Å². The Kier molecular flexibility index (Phi) is 7.13. The number of nitrogens with two attached hydrogens (primary N) is 1. The zero-order valence-electron chi connectivity index (χ0n) is 20.6. The van der Waals surface area contributed by atoms with Crippen molar-refractivity contribution < 1.29 is 50.8 Å². The van der Waals surface area contributed by atoms with Crippen LogP contribution in [0.1, 0.15) is 34.7 Å². The van der Waals surface area contributed by atoms with Crippen molar-refractivity contribution in [3.05, 3.63) is 59.7 Å². The van der Waals surface area contributed by atoms with Crippen LogP contribution in [0.15, 0.2) is 42.6 Å². The fraction of sp³-hybridized carbons (Fsp3) is 0.240. The van der Waals surface area contributed by atoms with Crippen LogP contribution < -0.4 is 34.7 Å². The first kappa shape index (κ1) is 27.3. The summed E-state index contributed by atoms with van der Waals surface area (Å²) in [6.45, 7) is 3.35. The number of nitrogens with zero attached hydrogens (tertiary/aromatic N) is 1. The third kappa shape index (κ3) is 6.22. The third-order valence-electron chi connectivity index (χ3n) is 5.19.